The minimum atomic E-state index is -1.23. The average molecular weight is 418 g/mol. The Hall–Kier alpha value is -2.86. The van der Waals surface area contributed by atoms with Crippen molar-refractivity contribution in [2.45, 2.75) is 39.3 Å². The number of ether oxygens (including phenoxy) is 2. The summed E-state index contributed by atoms with van der Waals surface area (Å²) in [5, 5.41) is 3.14. The minimum Gasteiger partial charge on any atom is -0.478 e. The Balaban J connectivity index is 2.03. The summed E-state index contributed by atoms with van der Waals surface area (Å²) in [5.74, 6) is -0.698. The second kappa shape index (κ2) is 9.56. The molecule has 0 radical (unpaired) electrons. The highest BCUT2D eigenvalue weighted by Crippen LogP contribution is 2.21. The van der Waals surface area contributed by atoms with E-state index in [0.29, 0.717) is 21.9 Å². The van der Waals surface area contributed by atoms with Gasteiger partial charge in [0, 0.05) is 16.1 Å². The van der Waals surface area contributed by atoms with E-state index < -0.39 is 23.5 Å². The second-order valence-electron chi connectivity index (χ2n) is 6.92. The first-order chi connectivity index (χ1) is 13.6. The van der Waals surface area contributed by atoms with Crippen molar-refractivity contribution in [2.75, 3.05) is 6.61 Å². The predicted octanol–water partition coefficient (Wildman–Crippen LogP) is 3.80. The van der Waals surface area contributed by atoms with Crippen molar-refractivity contribution in [3.8, 4) is 5.75 Å². The Labute approximate surface area is 175 Å². The SMILES string of the molecule is CCOC(=O)C(C)NC(=O)C(C)(C)Oc1ccc(C(=O)c2ccc(Cl)cc2)cc1. The molecule has 1 N–H and O–H groups in total. The van der Waals surface area contributed by atoms with Crippen LogP contribution in [0.15, 0.2) is 48.5 Å². The lowest BCUT2D eigenvalue weighted by atomic mass is 10.0. The van der Waals surface area contributed by atoms with Crippen LogP contribution < -0.4 is 10.1 Å². The molecule has 0 aliphatic carbocycles. The molecule has 0 heterocycles. The molecule has 0 saturated heterocycles. The van der Waals surface area contributed by atoms with Gasteiger partial charge in [-0.25, -0.2) is 4.79 Å². The average Bonchev–Trinajstić information content (AvgIpc) is 2.68. The summed E-state index contributed by atoms with van der Waals surface area (Å²) in [6, 6.07) is 12.3. The molecule has 1 amide bonds. The Morgan fingerprint density at radius 3 is 2.03 bits per heavy atom. The highest BCUT2D eigenvalue weighted by Gasteiger charge is 2.32. The normalized spacial score (nSPS) is 12.0. The molecule has 0 fully saturated rings. The van der Waals surface area contributed by atoms with Crippen molar-refractivity contribution in [2.24, 2.45) is 0 Å². The topological polar surface area (TPSA) is 81.7 Å². The summed E-state index contributed by atoms with van der Waals surface area (Å²) in [6.45, 7) is 6.66. The molecule has 0 bridgehead atoms. The highest BCUT2D eigenvalue weighted by atomic mass is 35.5. The molecule has 6 nitrogen and oxygen atoms in total. The maximum Gasteiger partial charge on any atom is 0.328 e. The van der Waals surface area contributed by atoms with E-state index in [2.05, 4.69) is 5.32 Å². The lowest BCUT2D eigenvalue weighted by Gasteiger charge is -2.26. The van der Waals surface area contributed by atoms with Crippen molar-refractivity contribution in [1.82, 2.24) is 5.32 Å². The van der Waals surface area contributed by atoms with Gasteiger partial charge >= 0.3 is 5.97 Å². The molecule has 0 aromatic heterocycles. The summed E-state index contributed by atoms with van der Waals surface area (Å²) < 4.78 is 10.6. The fraction of sp³-hybridized carbons (Fsp3) is 0.318. The van der Waals surface area contributed by atoms with E-state index >= 15 is 0 Å². The van der Waals surface area contributed by atoms with Crippen LogP contribution in [-0.2, 0) is 14.3 Å². The van der Waals surface area contributed by atoms with Gasteiger partial charge in [0.2, 0.25) is 0 Å². The van der Waals surface area contributed by atoms with Crippen molar-refractivity contribution in [3.63, 3.8) is 0 Å². The summed E-state index contributed by atoms with van der Waals surface area (Å²) in [7, 11) is 0. The van der Waals surface area contributed by atoms with Crippen LogP contribution in [0, 0.1) is 0 Å². The van der Waals surface area contributed by atoms with E-state index in [9.17, 15) is 14.4 Å². The van der Waals surface area contributed by atoms with Gasteiger partial charge in [-0.05, 0) is 76.2 Å². The summed E-state index contributed by atoms with van der Waals surface area (Å²) in [5.41, 5.74) is -0.226. The number of carbonyl (C=O) groups excluding carboxylic acids is 3. The molecule has 2 aromatic rings. The van der Waals surface area contributed by atoms with Crippen LogP contribution in [0.25, 0.3) is 0 Å². The van der Waals surface area contributed by atoms with Gasteiger partial charge in [-0.2, -0.15) is 0 Å². The fourth-order valence-electron chi connectivity index (χ4n) is 2.48. The number of carbonyl (C=O) groups is 3. The van der Waals surface area contributed by atoms with Crippen LogP contribution >= 0.6 is 11.6 Å². The maximum absolute atomic E-state index is 12.5. The maximum atomic E-state index is 12.5. The zero-order valence-corrected chi connectivity index (χ0v) is 17.6. The van der Waals surface area contributed by atoms with E-state index in [1.54, 1.807) is 76.2 Å². The number of hydrogen-bond donors (Lipinski definition) is 1. The minimum absolute atomic E-state index is 0.145. The Morgan fingerprint density at radius 1 is 1.00 bits per heavy atom. The van der Waals surface area contributed by atoms with Gasteiger partial charge in [0.15, 0.2) is 11.4 Å². The number of esters is 1. The molecule has 0 aliphatic heterocycles. The van der Waals surface area contributed by atoms with Crippen LogP contribution in [0.3, 0.4) is 0 Å². The van der Waals surface area contributed by atoms with Crippen LogP contribution in [0.5, 0.6) is 5.75 Å². The molecule has 7 heteroatoms. The third kappa shape index (κ3) is 6.06. The first-order valence-corrected chi connectivity index (χ1v) is 9.58. The molecule has 0 spiro atoms. The molecule has 0 saturated carbocycles. The third-order valence-corrected chi connectivity index (χ3v) is 4.38. The number of benzene rings is 2. The lowest BCUT2D eigenvalue weighted by molar-refractivity contribution is -0.148. The molecule has 154 valence electrons. The molecule has 1 atom stereocenters. The lowest BCUT2D eigenvalue weighted by Crippen LogP contribution is -2.51. The number of nitrogens with one attached hydrogen (secondary N) is 1. The van der Waals surface area contributed by atoms with Crippen LogP contribution in [0.2, 0.25) is 5.02 Å². The molecule has 2 rings (SSSR count). The van der Waals surface area contributed by atoms with E-state index in [1.807, 2.05) is 0 Å². The third-order valence-electron chi connectivity index (χ3n) is 4.13. The summed E-state index contributed by atoms with van der Waals surface area (Å²) >= 11 is 5.85. The molecule has 0 aliphatic rings. The van der Waals surface area contributed by atoms with Gasteiger partial charge in [-0.15, -0.1) is 0 Å². The number of amides is 1. The van der Waals surface area contributed by atoms with Crippen molar-refractivity contribution < 1.29 is 23.9 Å². The number of halogens is 1. The van der Waals surface area contributed by atoms with Gasteiger partial charge < -0.3 is 14.8 Å². The largest absolute Gasteiger partial charge is 0.478 e. The van der Waals surface area contributed by atoms with E-state index in [0.717, 1.165) is 0 Å². The fourth-order valence-corrected chi connectivity index (χ4v) is 2.61. The van der Waals surface area contributed by atoms with Crippen LogP contribution in [0.1, 0.15) is 43.6 Å². The first-order valence-electron chi connectivity index (χ1n) is 9.21. The summed E-state index contributed by atoms with van der Waals surface area (Å²) in [4.78, 5) is 36.7. The number of hydrogen-bond acceptors (Lipinski definition) is 5. The monoisotopic (exact) mass is 417 g/mol. The van der Waals surface area contributed by atoms with Gasteiger partial charge in [0.1, 0.15) is 11.8 Å². The van der Waals surface area contributed by atoms with Gasteiger partial charge in [0.25, 0.3) is 5.91 Å². The van der Waals surface area contributed by atoms with Gasteiger partial charge in [-0.1, -0.05) is 11.6 Å². The number of ketones is 1. The standard InChI is InChI=1S/C22H24ClNO5/c1-5-28-20(26)14(2)24-21(27)22(3,4)29-18-12-8-16(9-13-18)19(25)15-6-10-17(23)11-7-15/h6-14H,5H2,1-4H3,(H,24,27). The zero-order chi connectivity index (χ0) is 21.6. The number of rotatable bonds is 8. The Kier molecular flexibility index (Phi) is 7.40. The second-order valence-corrected chi connectivity index (χ2v) is 7.36. The Morgan fingerprint density at radius 2 is 1.52 bits per heavy atom. The van der Waals surface area contributed by atoms with Gasteiger partial charge in [-0.3, -0.25) is 9.59 Å². The molecular formula is C22H24ClNO5. The van der Waals surface area contributed by atoms with Crippen LogP contribution in [0.4, 0.5) is 0 Å². The molecule has 29 heavy (non-hydrogen) atoms. The van der Waals surface area contributed by atoms with E-state index in [1.165, 1.54) is 0 Å². The van der Waals surface area contributed by atoms with E-state index in [-0.39, 0.29) is 12.4 Å². The van der Waals surface area contributed by atoms with Crippen molar-refractivity contribution in [1.29, 1.82) is 0 Å². The van der Waals surface area contributed by atoms with Gasteiger partial charge in [0.05, 0.1) is 6.61 Å². The smallest absolute Gasteiger partial charge is 0.328 e. The Bertz CT molecular complexity index is 875. The van der Waals surface area contributed by atoms with Crippen molar-refractivity contribution >= 4 is 29.3 Å². The first kappa shape index (κ1) is 22.4. The van der Waals surface area contributed by atoms with E-state index in [4.69, 9.17) is 21.1 Å². The molecular weight excluding hydrogens is 394 g/mol. The zero-order valence-electron chi connectivity index (χ0n) is 16.8. The molecule has 1 unspecified atom stereocenters. The predicted molar refractivity (Wildman–Crippen MR) is 110 cm³/mol. The molecule has 2 aromatic carbocycles. The quantitative estimate of drug-likeness (QED) is 0.522. The summed E-state index contributed by atoms with van der Waals surface area (Å²) in [6.07, 6.45) is 0. The highest BCUT2D eigenvalue weighted by molar-refractivity contribution is 6.30. The van der Waals surface area contributed by atoms with Crippen LogP contribution in [-0.4, -0.2) is 35.9 Å². The van der Waals surface area contributed by atoms with Crippen molar-refractivity contribution in [3.05, 3.63) is 64.7 Å².